The van der Waals surface area contributed by atoms with Crippen molar-refractivity contribution < 1.29 is 19.1 Å². The first kappa shape index (κ1) is 16.0. The molecule has 2 fully saturated rings. The van der Waals surface area contributed by atoms with Gasteiger partial charge >= 0.3 is 0 Å². The van der Waals surface area contributed by atoms with Gasteiger partial charge in [-0.3, -0.25) is 14.5 Å². The zero-order valence-corrected chi connectivity index (χ0v) is 13.4. The average molecular weight is 321 g/mol. The third-order valence-corrected chi connectivity index (χ3v) is 4.30. The molecule has 2 saturated heterocycles. The summed E-state index contributed by atoms with van der Waals surface area (Å²) in [6, 6.07) is 0. The zero-order chi connectivity index (χ0) is 16.2. The number of nitrogens with one attached hydrogen (secondary N) is 1. The molecule has 0 aromatic heterocycles. The highest BCUT2D eigenvalue weighted by atomic mass is 16.5. The molecule has 7 heteroatoms. The highest BCUT2D eigenvalue weighted by Crippen LogP contribution is 2.32. The predicted molar refractivity (Wildman–Crippen MR) is 83.3 cm³/mol. The van der Waals surface area contributed by atoms with Crippen LogP contribution in [0.5, 0.6) is 0 Å². The number of carbonyl (C=O) groups is 2. The Balaban J connectivity index is 1.41. The lowest BCUT2D eigenvalue weighted by Crippen LogP contribution is -2.43. The number of hydrogen-bond donors (Lipinski definition) is 1. The molecule has 2 aliphatic heterocycles. The number of allylic oxidation sites excluding steroid dienone is 2. The van der Waals surface area contributed by atoms with E-state index >= 15 is 0 Å². The van der Waals surface area contributed by atoms with Gasteiger partial charge in [-0.25, -0.2) is 0 Å². The van der Waals surface area contributed by atoms with Gasteiger partial charge in [-0.05, 0) is 6.08 Å². The molecular formula is C16H23N3O4. The smallest absolute Gasteiger partial charge is 0.234 e. The van der Waals surface area contributed by atoms with Crippen LogP contribution in [0.25, 0.3) is 0 Å². The molecule has 0 aromatic carbocycles. The van der Waals surface area contributed by atoms with Crippen molar-refractivity contribution in [2.45, 2.75) is 19.1 Å². The summed E-state index contributed by atoms with van der Waals surface area (Å²) in [7, 11) is 1.95. The summed E-state index contributed by atoms with van der Waals surface area (Å²) in [5.41, 5.74) is 0.967. The molecular weight excluding hydrogens is 298 g/mol. The Labute approximate surface area is 135 Å². The lowest BCUT2D eigenvalue weighted by molar-refractivity contribution is -0.123. The number of nitrogens with zero attached hydrogens (tertiary/aromatic N) is 2. The van der Waals surface area contributed by atoms with Crippen molar-refractivity contribution in [3.63, 3.8) is 0 Å². The minimum absolute atomic E-state index is 0.0265. The fraction of sp³-hybridized carbons (Fsp3) is 0.625. The number of rotatable bonds is 5. The molecule has 126 valence electrons. The van der Waals surface area contributed by atoms with E-state index in [-0.39, 0.29) is 17.9 Å². The minimum Gasteiger partial charge on any atom is -0.468 e. The lowest BCUT2D eigenvalue weighted by Gasteiger charge is -2.26. The van der Waals surface area contributed by atoms with Crippen LogP contribution in [0.1, 0.15) is 12.8 Å². The van der Waals surface area contributed by atoms with E-state index in [0.29, 0.717) is 44.9 Å². The molecule has 1 unspecified atom stereocenters. The van der Waals surface area contributed by atoms with Gasteiger partial charge in [0.25, 0.3) is 0 Å². The summed E-state index contributed by atoms with van der Waals surface area (Å²) in [6.45, 7) is 3.95. The van der Waals surface area contributed by atoms with Crippen LogP contribution in [0.3, 0.4) is 0 Å². The Morgan fingerprint density at radius 3 is 2.96 bits per heavy atom. The van der Waals surface area contributed by atoms with Crippen LogP contribution < -0.4 is 5.32 Å². The van der Waals surface area contributed by atoms with Gasteiger partial charge in [-0.15, -0.1) is 0 Å². The summed E-state index contributed by atoms with van der Waals surface area (Å²) in [5, 5.41) is 2.93. The molecule has 0 radical (unpaired) electrons. The van der Waals surface area contributed by atoms with Gasteiger partial charge in [-0.1, -0.05) is 0 Å². The number of likely N-dealkylation sites (N-methyl/N-ethyl adjacent to an activating group) is 1. The van der Waals surface area contributed by atoms with E-state index in [9.17, 15) is 9.59 Å². The van der Waals surface area contributed by atoms with Gasteiger partial charge in [0.05, 0.1) is 25.5 Å². The van der Waals surface area contributed by atoms with E-state index in [1.165, 1.54) is 0 Å². The quantitative estimate of drug-likeness (QED) is 0.760. The van der Waals surface area contributed by atoms with E-state index in [1.54, 1.807) is 6.08 Å². The zero-order valence-electron chi connectivity index (χ0n) is 13.4. The van der Waals surface area contributed by atoms with Crippen molar-refractivity contribution in [1.29, 1.82) is 0 Å². The van der Waals surface area contributed by atoms with Crippen LogP contribution in [-0.2, 0) is 19.1 Å². The molecule has 1 N–H and O–H groups in total. The largest absolute Gasteiger partial charge is 0.468 e. The number of ether oxygens (including phenoxy) is 2. The molecule has 3 aliphatic rings. The third kappa shape index (κ3) is 3.92. The second-order valence-electron chi connectivity index (χ2n) is 5.98. The van der Waals surface area contributed by atoms with Crippen molar-refractivity contribution in [3.8, 4) is 0 Å². The molecule has 0 bridgehead atoms. The van der Waals surface area contributed by atoms with Crippen LogP contribution in [0.2, 0.25) is 0 Å². The number of carbonyl (C=O) groups excluding carboxylic acids is 2. The Morgan fingerprint density at radius 1 is 1.39 bits per heavy atom. The van der Waals surface area contributed by atoms with Gasteiger partial charge in [-0.2, -0.15) is 0 Å². The summed E-state index contributed by atoms with van der Waals surface area (Å²) < 4.78 is 11.1. The number of ketones is 1. The number of morpholine rings is 1. The Bertz CT molecular complexity index is 537. The molecule has 0 spiro atoms. The Morgan fingerprint density at radius 2 is 2.17 bits per heavy atom. The highest BCUT2D eigenvalue weighted by molar-refractivity contribution is 5.93. The molecule has 23 heavy (non-hydrogen) atoms. The fourth-order valence-corrected chi connectivity index (χ4v) is 2.98. The monoisotopic (exact) mass is 321 g/mol. The van der Waals surface area contributed by atoms with Gasteiger partial charge in [0.2, 0.25) is 5.91 Å². The Kier molecular flexibility index (Phi) is 4.97. The molecule has 1 amide bonds. The third-order valence-electron chi connectivity index (χ3n) is 4.30. The van der Waals surface area contributed by atoms with Crippen molar-refractivity contribution in [1.82, 2.24) is 15.1 Å². The van der Waals surface area contributed by atoms with Crippen LogP contribution >= 0.6 is 0 Å². The molecule has 0 saturated carbocycles. The standard InChI is InChI=1S/C16H23N3O4/c1-18-13-3-2-12(20)10-14(13)23-16(18)4-5-17-15(21)11-19-6-8-22-9-7-19/h3,10,16H,2,4-9,11H2,1H3,(H,17,21). The first-order chi connectivity index (χ1) is 11.1. The highest BCUT2D eigenvalue weighted by Gasteiger charge is 2.32. The van der Waals surface area contributed by atoms with Gasteiger partial charge in [0.1, 0.15) is 5.76 Å². The summed E-state index contributed by atoms with van der Waals surface area (Å²) in [4.78, 5) is 27.5. The molecule has 0 aromatic rings. The van der Waals surface area contributed by atoms with Crippen LogP contribution in [0.4, 0.5) is 0 Å². The maximum absolute atomic E-state index is 11.9. The van der Waals surface area contributed by atoms with E-state index in [4.69, 9.17) is 9.47 Å². The van der Waals surface area contributed by atoms with Gasteiger partial charge in [0, 0.05) is 45.6 Å². The van der Waals surface area contributed by atoms with Crippen molar-refractivity contribution in [2.75, 3.05) is 46.4 Å². The number of hydrogen-bond acceptors (Lipinski definition) is 6. The first-order valence-corrected chi connectivity index (χ1v) is 8.05. The molecule has 1 aliphatic carbocycles. The van der Waals surface area contributed by atoms with Crippen LogP contribution in [0, 0.1) is 0 Å². The van der Waals surface area contributed by atoms with E-state index < -0.39 is 0 Å². The topological polar surface area (TPSA) is 71.1 Å². The summed E-state index contributed by atoms with van der Waals surface area (Å²) in [6.07, 6.45) is 4.42. The van der Waals surface area contributed by atoms with Crippen LogP contribution in [-0.4, -0.2) is 74.2 Å². The predicted octanol–water partition coefficient (Wildman–Crippen LogP) is -0.146. The maximum atomic E-state index is 11.9. The van der Waals surface area contributed by atoms with E-state index in [2.05, 4.69) is 10.2 Å². The second kappa shape index (κ2) is 7.14. The van der Waals surface area contributed by atoms with Crippen molar-refractivity contribution in [3.05, 3.63) is 23.6 Å². The second-order valence-corrected chi connectivity index (χ2v) is 5.98. The van der Waals surface area contributed by atoms with Crippen molar-refractivity contribution in [2.24, 2.45) is 0 Å². The average Bonchev–Trinajstić information content (AvgIpc) is 2.84. The first-order valence-electron chi connectivity index (χ1n) is 8.05. The van der Waals surface area contributed by atoms with E-state index in [0.717, 1.165) is 18.8 Å². The summed E-state index contributed by atoms with van der Waals surface area (Å²) in [5.74, 6) is 0.739. The van der Waals surface area contributed by atoms with Crippen molar-refractivity contribution >= 4 is 11.7 Å². The van der Waals surface area contributed by atoms with Gasteiger partial charge in [0.15, 0.2) is 12.0 Å². The lowest BCUT2D eigenvalue weighted by atomic mass is 10.1. The number of amides is 1. The van der Waals surface area contributed by atoms with Crippen LogP contribution in [0.15, 0.2) is 23.6 Å². The molecule has 7 nitrogen and oxygen atoms in total. The minimum atomic E-state index is -0.137. The normalized spacial score (nSPS) is 24.7. The molecule has 2 heterocycles. The summed E-state index contributed by atoms with van der Waals surface area (Å²) >= 11 is 0. The van der Waals surface area contributed by atoms with E-state index in [1.807, 2.05) is 18.0 Å². The fourth-order valence-electron chi connectivity index (χ4n) is 2.98. The SMILES string of the molecule is CN1C2=CCC(=O)C=C2OC1CCNC(=O)CN1CCOCC1. The van der Waals surface area contributed by atoms with Gasteiger partial charge < -0.3 is 19.7 Å². The maximum Gasteiger partial charge on any atom is 0.234 e. The Hall–Kier alpha value is -1.86. The molecule has 3 rings (SSSR count). The number of fused-ring (bicyclic) bond motifs is 1. The molecule has 1 atom stereocenters.